The average Bonchev–Trinajstić information content (AvgIpc) is 2.80. The number of nitrogens with one attached hydrogen (secondary N) is 2. The van der Waals surface area contributed by atoms with Crippen molar-refractivity contribution in [1.82, 2.24) is 15.6 Å². The molecule has 0 aliphatic rings. The van der Waals surface area contributed by atoms with Crippen LogP contribution < -0.4 is 10.6 Å². The first-order chi connectivity index (χ1) is 9.15. The second kappa shape index (κ2) is 8.91. The lowest BCUT2D eigenvalue weighted by molar-refractivity contribution is 0.623. The number of guanidine groups is 1. The predicted octanol–water partition coefficient (Wildman–Crippen LogP) is 2.74. The fourth-order valence-electron chi connectivity index (χ4n) is 1.59. The third kappa shape index (κ3) is 6.57. The van der Waals surface area contributed by atoms with E-state index in [0.29, 0.717) is 6.04 Å². The Labute approximate surface area is 120 Å². The van der Waals surface area contributed by atoms with Crippen LogP contribution in [0.4, 0.5) is 0 Å². The number of nitrogens with zero attached hydrogens (tertiary/aromatic N) is 2. The molecule has 2 N–H and O–H groups in total. The fourth-order valence-corrected chi connectivity index (χ4v) is 2.41. The second-order valence-corrected chi connectivity index (χ2v) is 5.64. The lowest BCUT2D eigenvalue weighted by Crippen LogP contribution is -2.42. The van der Waals surface area contributed by atoms with Gasteiger partial charge in [-0.15, -0.1) is 11.3 Å². The van der Waals surface area contributed by atoms with Gasteiger partial charge in [0.25, 0.3) is 0 Å². The Morgan fingerprint density at radius 3 is 2.84 bits per heavy atom. The third-order valence-electron chi connectivity index (χ3n) is 2.82. The van der Waals surface area contributed by atoms with Crippen molar-refractivity contribution in [2.75, 3.05) is 13.1 Å². The van der Waals surface area contributed by atoms with E-state index < -0.39 is 0 Å². The first-order valence-corrected chi connectivity index (χ1v) is 7.99. The van der Waals surface area contributed by atoms with Gasteiger partial charge in [-0.2, -0.15) is 0 Å². The van der Waals surface area contributed by atoms with Crippen molar-refractivity contribution in [1.29, 1.82) is 0 Å². The number of aryl methyl sites for hydroxylation is 2. The average molecular weight is 282 g/mol. The van der Waals surface area contributed by atoms with Crippen LogP contribution in [-0.2, 0) is 6.42 Å². The zero-order valence-electron chi connectivity index (χ0n) is 12.5. The molecular weight excluding hydrogens is 256 g/mol. The minimum atomic E-state index is 0.458. The Kier molecular flexibility index (Phi) is 7.48. The summed E-state index contributed by atoms with van der Waals surface area (Å²) < 4.78 is 0. The largest absolute Gasteiger partial charge is 0.357 e. The van der Waals surface area contributed by atoms with Crippen molar-refractivity contribution < 1.29 is 0 Å². The summed E-state index contributed by atoms with van der Waals surface area (Å²) in [6.07, 6.45) is 3.16. The number of aromatic nitrogens is 1. The molecule has 1 atom stereocenters. The highest BCUT2D eigenvalue weighted by molar-refractivity contribution is 7.09. The molecule has 0 aliphatic carbocycles. The van der Waals surface area contributed by atoms with E-state index in [-0.39, 0.29) is 0 Å². The summed E-state index contributed by atoms with van der Waals surface area (Å²) in [4.78, 5) is 9.06. The number of hydrogen-bond donors (Lipinski definition) is 2. The van der Waals surface area contributed by atoms with Crippen LogP contribution in [-0.4, -0.2) is 30.1 Å². The molecule has 1 aromatic rings. The van der Waals surface area contributed by atoms with Gasteiger partial charge in [-0.05, 0) is 33.6 Å². The Bertz CT molecular complexity index is 387. The Balaban J connectivity index is 2.34. The molecule has 1 heterocycles. The van der Waals surface area contributed by atoms with E-state index in [1.165, 1.54) is 5.01 Å². The molecule has 5 heteroatoms. The highest BCUT2D eigenvalue weighted by atomic mass is 32.1. The van der Waals surface area contributed by atoms with Gasteiger partial charge < -0.3 is 10.6 Å². The van der Waals surface area contributed by atoms with E-state index in [4.69, 9.17) is 0 Å². The topological polar surface area (TPSA) is 49.3 Å². The first-order valence-electron chi connectivity index (χ1n) is 7.11. The van der Waals surface area contributed by atoms with Gasteiger partial charge in [0.15, 0.2) is 5.96 Å². The number of hydrogen-bond acceptors (Lipinski definition) is 3. The van der Waals surface area contributed by atoms with Gasteiger partial charge in [0.1, 0.15) is 0 Å². The molecule has 0 saturated carbocycles. The van der Waals surface area contributed by atoms with Gasteiger partial charge in [-0.25, -0.2) is 4.98 Å². The predicted molar refractivity (Wildman–Crippen MR) is 84.0 cm³/mol. The number of rotatable bonds is 7. The summed E-state index contributed by atoms with van der Waals surface area (Å²) in [6, 6.07) is 0.458. The minimum absolute atomic E-state index is 0.458. The van der Waals surface area contributed by atoms with Gasteiger partial charge >= 0.3 is 0 Å². The molecule has 0 fully saturated rings. The Hall–Kier alpha value is -1.10. The van der Waals surface area contributed by atoms with E-state index in [2.05, 4.69) is 46.8 Å². The zero-order valence-corrected chi connectivity index (χ0v) is 13.3. The minimum Gasteiger partial charge on any atom is -0.357 e. The molecule has 4 nitrogen and oxygen atoms in total. The van der Waals surface area contributed by atoms with Crippen molar-refractivity contribution in [2.45, 2.75) is 53.0 Å². The van der Waals surface area contributed by atoms with Gasteiger partial charge in [-0.3, -0.25) is 4.99 Å². The smallest absolute Gasteiger partial charge is 0.191 e. The van der Waals surface area contributed by atoms with Crippen LogP contribution in [0, 0.1) is 6.92 Å². The van der Waals surface area contributed by atoms with Crippen LogP contribution in [0.15, 0.2) is 10.4 Å². The van der Waals surface area contributed by atoms with E-state index in [1.54, 1.807) is 11.3 Å². The Morgan fingerprint density at radius 1 is 1.47 bits per heavy atom. The molecule has 0 spiro atoms. The summed E-state index contributed by atoms with van der Waals surface area (Å²) in [6.45, 7) is 10.2. The van der Waals surface area contributed by atoms with E-state index >= 15 is 0 Å². The van der Waals surface area contributed by atoms with Crippen molar-refractivity contribution in [3.8, 4) is 0 Å². The van der Waals surface area contributed by atoms with Gasteiger partial charge in [0.2, 0.25) is 0 Å². The van der Waals surface area contributed by atoms with Crippen LogP contribution in [0.1, 0.15) is 44.3 Å². The molecular formula is C14H26N4S. The van der Waals surface area contributed by atoms with Crippen molar-refractivity contribution >= 4 is 17.3 Å². The standard InChI is InChI=1S/C14H26N4S/c1-5-11(3)18-14(15-6-2)16-9-7-8-13-17-12(4)10-19-13/h10-11H,5-9H2,1-4H3,(H2,15,16,18). The molecule has 0 bridgehead atoms. The summed E-state index contributed by atoms with van der Waals surface area (Å²) in [7, 11) is 0. The van der Waals surface area contributed by atoms with Crippen LogP contribution in [0.2, 0.25) is 0 Å². The summed E-state index contributed by atoms with van der Waals surface area (Å²) >= 11 is 1.74. The molecule has 0 saturated heterocycles. The molecule has 0 radical (unpaired) electrons. The maximum Gasteiger partial charge on any atom is 0.191 e. The van der Waals surface area contributed by atoms with E-state index in [9.17, 15) is 0 Å². The third-order valence-corrected chi connectivity index (χ3v) is 3.85. The molecule has 0 amide bonds. The Morgan fingerprint density at radius 2 is 2.26 bits per heavy atom. The van der Waals surface area contributed by atoms with Crippen LogP contribution in [0.25, 0.3) is 0 Å². The van der Waals surface area contributed by atoms with E-state index in [0.717, 1.165) is 44.0 Å². The van der Waals surface area contributed by atoms with Gasteiger partial charge in [0, 0.05) is 36.6 Å². The molecule has 1 rings (SSSR count). The molecule has 1 unspecified atom stereocenters. The molecule has 108 valence electrons. The second-order valence-electron chi connectivity index (χ2n) is 4.70. The lowest BCUT2D eigenvalue weighted by atomic mass is 10.3. The van der Waals surface area contributed by atoms with Crippen LogP contribution in [0.5, 0.6) is 0 Å². The SMILES string of the molecule is CCNC(=NCCCc1nc(C)cs1)NC(C)CC. The van der Waals surface area contributed by atoms with Crippen molar-refractivity contribution in [3.63, 3.8) is 0 Å². The summed E-state index contributed by atoms with van der Waals surface area (Å²) in [5.41, 5.74) is 1.12. The fraction of sp³-hybridized carbons (Fsp3) is 0.714. The van der Waals surface area contributed by atoms with Gasteiger partial charge in [-0.1, -0.05) is 6.92 Å². The molecule has 0 aromatic carbocycles. The monoisotopic (exact) mass is 282 g/mol. The summed E-state index contributed by atoms with van der Waals surface area (Å²) in [5.74, 6) is 0.923. The zero-order chi connectivity index (χ0) is 14.1. The van der Waals surface area contributed by atoms with Crippen LogP contribution >= 0.6 is 11.3 Å². The maximum atomic E-state index is 4.59. The normalized spacial score (nSPS) is 13.4. The molecule has 19 heavy (non-hydrogen) atoms. The van der Waals surface area contributed by atoms with Crippen molar-refractivity contribution in [3.05, 3.63) is 16.1 Å². The highest BCUT2D eigenvalue weighted by Gasteiger charge is 2.02. The molecule has 1 aromatic heterocycles. The maximum absolute atomic E-state index is 4.59. The van der Waals surface area contributed by atoms with Gasteiger partial charge in [0.05, 0.1) is 5.01 Å². The molecule has 0 aliphatic heterocycles. The van der Waals surface area contributed by atoms with Crippen LogP contribution in [0.3, 0.4) is 0 Å². The highest BCUT2D eigenvalue weighted by Crippen LogP contribution is 2.10. The van der Waals surface area contributed by atoms with E-state index in [1.807, 2.05) is 6.92 Å². The number of aliphatic imine (C=N–C) groups is 1. The first kappa shape index (κ1) is 16.0. The van der Waals surface area contributed by atoms with Crippen molar-refractivity contribution in [2.24, 2.45) is 4.99 Å². The number of thiazole rings is 1. The lowest BCUT2D eigenvalue weighted by Gasteiger charge is -2.16. The quantitative estimate of drug-likeness (QED) is 0.459. The summed E-state index contributed by atoms with van der Waals surface area (Å²) in [5, 5.41) is 9.99.